The Morgan fingerprint density at radius 2 is 1.71 bits per heavy atom. The first-order valence-electron chi connectivity index (χ1n) is 7.37. The van der Waals surface area contributed by atoms with Crippen molar-refractivity contribution in [2.45, 2.75) is 26.4 Å². The third kappa shape index (κ3) is 2.64. The Kier molecular flexibility index (Phi) is 3.65. The third-order valence-electron chi connectivity index (χ3n) is 3.89. The maximum atomic E-state index is 12.8. The van der Waals surface area contributed by atoms with Crippen molar-refractivity contribution >= 4 is 17.3 Å². The van der Waals surface area contributed by atoms with Crippen LogP contribution in [0.3, 0.4) is 0 Å². The van der Waals surface area contributed by atoms with E-state index in [0.29, 0.717) is 6.54 Å². The second kappa shape index (κ2) is 5.60. The molecule has 1 aliphatic rings. The molecule has 1 heterocycles. The molecule has 108 valence electrons. The first-order chi connectivity index (χ1) is 10.2. The summed E-state index contributed by atoms with van der Waals surface area (Å²) in [5.74, 6) is 0.400. The molecule has 0 aromatic heterocycles. The van der Waals surface area contributed by atoms with Crippen molar-refractivity contribution in [3.8, 4) is 0 Å². The average molecular weight is 280 g/mol. The van der Waals surface area contributed by atoms with Gasteiger partial charge in [0.05, 0.1) is 17.9 Å². The van der Waals surface area contributed by atoms with Crippen LogP contribution < -0.4 is 10.2 Å². The molecule has 1 N–H and O–H groups in total. The zero-order valence-electron chi connectivity index (χ0n) is 12.4. The lowest BCUT2D eigenvalue weighted by Crippen LogP contribution is -2.49. The molecular formula is C18H20N2O. The monoisotopic (exact) mass is 280 g/mol. The second-order valence-electron chi connectivity index (χ2n) is 5.79. The quantitative estimate of drug-likeness (QED) is 0.930. The maximum Gasteiger partial charge on any atom is 0.250 e. The summed E-state index contributed by atoms with van der Waals surface area (Å²) in [6, 6.07) is 18.0. The minimum atomic E-state index is -0.163. The molecule has 1 amide bonds. The van der Waals surface area contributed by atoms with Gasteiger partial charge in [-0.15, -0.1) is 0 Å². The van der Waals surface area contributed by atoms with Crippen LogP contribution in [0.5, 0.6) is 0 Å². The van der Waals surface area contributed by atoms with Gasteiger partial charge in [-0.05, 0) is 23.6 Å². The molecule has 1 unspecified atom stereocenters. The lowest BCUT2D eigenvalue weighted by Gasteiger charge is -2.37. The number of nitrogens with zero attached hydrogens (tertiary/aromatic N) is 1. The summed E-state index contributed by atoms with van der Waals surface area (Å²) in [7, 11) is 0. The normalized spacial score (nSPS) is 17.6. The molecule has 0 spiro atoms. The number of benzene rings is 2. The zero-order valence-corrected chi connectivity index (χ0v) is 12.4. The highest BCUT2D eigenvalue weighted by Gasteiger charge is 2.33. The SMILES string of the molecule is CC(C)C1Nc2ccccc2N(Cc2ccccc2)C1=O. The van der Waals surface area contributed by atoms with E-state index in [9.17, 15) is 4.79 Å². The number of carbonyl (C=O) groups excluding carboxylic acids is 1. The molecule has 0 saturated carbocycles. The van der Waals surface area contributed by atoms with Crippen LogP contribution in [0.4, 0.5) is 11.4 Å². The molecule has 1 aliphatic heterocycles. The molecule has 0 aliphatic carbocycles. The van der Waals surface area contributed by atoms with Crippen molar-refractivity contribution in [3.05, 3.63) is 60.2 Å². The maximum absolute atomic E-state index is 12.8. The molecule has 2 aromatic carbocycles. The zero-order chi connectivity index (χ0) is 14.8. The van der Waals surface area contributed by atoms with Gasteiger partial charge in [0.2, 0.25) is 5.91 Å². The van der Waals surface area contributed by atoms with E-state index < -0.39 is 0 Å². The van der Waals surface area contributed by atoms with Crippen molar-refractivity contribution in [3.63, 3.8) is 0 Å². The number of nitrogens with one attached hydrogen (secondary N) is 1. The Balaban J connectivity index is 1.98. The molecule has 2 aromatic rings. The van der Waals surface area contributed by atoms with E-state index in [0.717, 1.165) is 16.9 Å². The Labute approximate surface area is 125 Å². The number of hydrogen-bond donors (Lipinski definition) is 1. The van der Waals surface area contributed by atoms with E-state index in [1.165, 1.54) is 0 Å². The molecule has 0 fully saturated rings. The fourth-order valence-electron chi connectivity index (χ4n) is 2.73. The fraction of sp³-hybridized carbons (Fsp3) is 0.278. The summed E-state index contributed by atoms with van der Waals surface area (Å²) in [6.45, 7) is 4.76. The Morgan fingerprint density at radius 1 is 1.05 bits per heavy atom. The van der Waals surface area contributed by atoms with Crippen LogP contribution in [0.15, 0.2) is 54.6 Å². The van der Waals surface area contributed by atoms with Crippen molar-refractivity contribution in [2.24, 2.45) is 5.92 Å². The fourth-order valence-corrected chi connectivity index (χ4v) is 2.73. The van der Waals surface area contributed by atoms with Gasteiger partial charge in [0, 0.05) is 0 Å². The summed E-state index contributed by atoms with van der Waals surface area (Å²) in [5, 5.41) is 3.37. The van der Waals surface area contributed by atoms with Crippen molar-refractivity contribution in [2.75, 3.05) is 10.2 Å². The van der Waals surface area contributed by atoms with E-state index in [1.54, 1.807) is 0 Å². The molecule has 3 rings (SSSR count). The molecule has 0 saturated heterocycles. The molecule has 1 atom stereocenters. The van der Waals surface area contributed by atoms with Crippen LogP contribution in [0.1, 0.15) is 19.4 Å². The Bertz CT molecular complexity index is 637. The summed E-state index contributed by atoms with van der Waals surface area (Å²) in [6.07, 6.45) is 0. The molecular weight excluding hydrogens is 260 g/mol. The highest BCUT2D eigenvalue weighted by atomic mass is 16.2. The van der Waals surface area contributed by atoms with Gasteiger partial charge < -0.3 is 10.2 Å². The molecule has 0 radical (unpaired) electrons. The summed E-state index contributed by atoms with van der Waals surface area (Å²) >= 11 is 0. The summed E-state index contributed by atoms with van der Waals surface area (Å²) in [5.41, 5.74) is 3.14. The minimum absolute atomic E-state index is 0.146. The first kappa shape index (κ1) is 13.7. The predicted molar refractivity (Wildman–Crippen MR) is 86.3 cm³/mol. The van der Waals surface area contributed by atoms with Gasteiger partial charge in [-0.25, -0.2) is 0 Å². The molecule has 0 bridgehead atoms. The van der Waals surface area contributed by atoms with Crippen molar-refractivity contribution in [1.82, 2.24) is 0 Å². The second-order valence-corrected chi connectivity index (χ2v) is 5.79. The van der Waals surface area contributed by atoms with E-state index in [2.05, 4.69) is 31.3 Å². The molecule has 3 heteroatoms. The summed E-state index contributed by atoms with van der Waals surface area (Å²) < 4.78 is 0. The first-order valence-corrected chi connectivity index (χ1v) is 7.37. The van der Waals surface area contributed by atoms with Gasteiger partial charge in [-0.1, -0.05) is 56.3 Å². The smallest absolute Gasteiger partial charge is 0.250 e. The van der Waals surface area contributed by atoms with E-state index in [1.807, 2.05) is 47.4 Å². The average Bonchev–Trinajstić information content (AvgIpc) is 2.50. The van der Waals surface area contributed by atoms with Gasteiger partial charge in [0.1, 0.15) is 6.04 Å². The van der Waals surface area contributed by atoms with Gasteiger partial charge in [-0.3, -0.25) is 4.79 Å². The van der Waals surface area contributed by atoms with Crippen LogP contribution >= 0.6 is 0 Å². The summed E-state index contributed by atoms with van der Waals surface area (Å²) in [4.78, 5) is 14.7. The highest BCUT2D eigenvalue weighted by Crippen LogP contribution is 2.33. The lowest BCUT2D eigenvalue weighted by atomic mass is 9.98. The number of para-hydroxylation sites is 2. The van der Waals surface area contributed by atoms with Gasteiger partial charge >= 0.3 is 0 Å². The third-order valence-corrected chi connectivity index (χ3v) is 3.89. The van der Waals surface area contributed by atoms with Gasteiger partial charge in [0.25, 0.3) is 0 Å². The van der Waals surface area contributed by atoms with Crippen LogP contribution in [0.25, 0.3) is 0 Å². The number of anilines is 2. The van der Waals surface area contributed by atoms with Crippen molar-refractivity contribution in [1.29, 1.82) is 0 Å². The van der Waals surface area contributed by atoms with Gasteiger partial charge in [0.15, 0.2) is 0 Å². The highest BCUT2D eigenvalue weighted by molar-refractivity contribution is 6.04. The van der Waals surface area contributed by atoms with E-state index in [4.69, 9.17) is 0 Å². The number of carbonyl (C=O) groups is 1. The van der Waals surface area contributed by atoms with Crippen LogP contribution in [0.2, 0.25) is 0 Å². The Morgan fingerprint density at radius 3 is 2.43 bits per heavy atom. The van der Waals surface area contributed by atoms with Crippen LogP contribution in [0, 0.1) is 5.92 Å². The van der Waals surface area contributed by atoms with Gasteiger partial charge in [-0.2, -0.15) is 0 Å². The number of amides is 1. The van der Waals surface area contributed by atoms with Crippen LogP contribution in [-0.4, -0.2) is 11.9 Å². The number of fused-ring (bicyclic) bond motifs is 1. The van der Waals surface area contributed by atoms with Crippen molar-refractivity contribution < 1.29 is 4.79 Å². The van der Waals surface area contributed by atoms with Crippen LogP contribution in [-0.2, 0) is 11.3 Å². The Hall–Kier alpha value is -2.29. The topological polar surface area (TPSA) is 32.3 Å². The molecule has 3 nitrogen and oxygen atoms in total. The van der Waals surface area contributed by atoms with E-state index >= 15 is 0 Å². The molecule has 21 heavy (non-hydrogen) atoms. The van der Waals surface area contributed by atoms with E-state index in [-0.39, 0.29) is 17.9 Å². The predicted octanol–water partition coefficient (Wildman–Crippen LogP) is 3.67. The standard InChI is InChI=1S/C18H20N2O/c1-13(2)17-18(21)20(12-14-8-4-3-5-9-14)16-11-7-6-10-15(16)19-17/h3-11,13,17,19H,12H2,1-2H3. The lowest BCUT2D eigenvalue weighted by molar-refractivity contribution is -0.120. The number of rotatable bonds is 3. The minimum Gasteiger partial charge on any atom is -0.372 e. The largest absolute Gasteiger partial charge is 0.372 e. The number of hydrogen-bond acceptors (Lipinski definition) is 2.